The maximum absolute atomic E-state index is 13.1. The summed E-state index contributed by atoms with van der Waals surface area (Å²) in [6.45, 7) is 1.37. The van der Waals surface area contributed by atoms with Crippen molar-refractivity contribution >= 4 is 12.0 Å². The number of rotatable bonds is 4. The molecule has 0 atom stereocenters. The van der Waals surface area contributed by atoms with E-state index < -0.39 is 11.7 Å². The summed E-state index contributed by atoms with van der Waals surface area (Å²) in [5, 5.41) is 0. The van der Waals surface area contributed by atoms with E-state index in [1.54, 1.807) is 18.2 Å². The summed E-state index contributed by atoms with van der Waals surface area (Å²) in [4.78, 5) is 15.2. The number of nitrogens with zero attached hydrogens (tertiary/aromatic N) is 1. The van der Waals surface area contributed by atoms with Crippen LogP contribution in [0.25, 0.3) is 0 Å². The van der Waals surface area contributed by atoms with Gasteiger partial charge in [0.15, 0.2) is 5.78 Å². The van der Waals surface area contributed by atoms with Crippen LogP contribution in [-0.4, -0.2) is 19.0 Å². The summed E-state index contributed by atoms with van der Waals surface area (Å²) >= 11 is 0. The summed E-state index contributed by atoms with van der Waals surface area (Å²) in [5.74, 6) is -0.0179. The van der Waals surface area contributed by atoms with Crippen molar-refractivity contribution in [3.05, 3.63) is 59.2 Å². The van der Waals surface area contributed by atoms with Gasteiger partial charge in [0.25, 0.3) is 0 Å². The second-order valence-corrected chi connectivity index (χ2v) is 4.79. The maximum Gasteiger partial charge on any atom is 0.417 e. The Bertz CT molecular complexity index is 752. The van der Waals surface area contributed by atoms with Crippen molar-refractivity contribution in [3.63, 3.8) is 0 Å². The van der Waals surface area contributed by atoms with E-state index in [0.29, 0.717) is 5.56 Å². The van der Waals surface area contributed by atoms with Crippen LogP contribution in [-0.2, 0) is 6.18 Å². The van der Waals surface area contributed by atoms with E-state index in [-0.39, 0.29) is 22.8 Å². The molecular weight excluding hydrogens is 307 g/mol. The number of benzene rings is 2. The molecule has 2 aromatic rings. The van der Waals surface area contributed by atoms with Gasteiger partial charge in [0.2, 0.25) is 0 Å². The normalized spacial score (nSPS) is 11.7. The number of carbonyl (C=O) groups is 1. The summed E-state index contributed by atoms with van der Waals surface area (Å²) < 4.78 is 44.9. The molecule has 3 nitrogen and oxygen atoms in total. The molecule has 0 aliphatic rings. The highest BCUT2D eigenvalue weighted by Crippen LogP contribution is 2.35. The minimum atomic E-state index is -4.53. The van der Waals surface area contributed by atoms with Crippen LogP contribution in [0, 0.1) is 0 Å². The molecule has 0 heterocycles. The fourth-order valence-electron chi connectivity index (χ4n) is 2.07. The molecule has 0 saturated carbocycles. The lowest BCUT2D eigenvalue weighted by atomic mass is 10.1. The Morgan fingerprint density at radius 3 is 2.48 bits per heavy atom. The van der Waals surface area contributed by atoms with E-state index >= 15 is 0 Å². The Kier molecular flexibility index (Phi) is 4.83. The molecule has 0 N–H and O–H groups in total. The number of alkyl halides is 3. The number of ketones is 1. The number of hydrogen-bond donors (Lipinski definition) is 0. The molecule has 0 bridgehead atoms. The molecule has 6 heteroatoms. The Hall–Kier alpha value is -2.63. The zero-order valence-electron chi connectivity index (χ0n) is 12.5. The molecule has 0 amide bonds. The average Bonchev–Trinajstić information content (AvgIpc) is 2.48. The van der Waals surface area contributed by atoms with Crippen molar-refractivity contribution in [2.75, 3.05) is 7.05 Å². The van der Waals surface area contributed by atoms with Crippen LogP contribution < -0.4 is 4.74 Å². The summed E-state index contributed by atoms with van der Waals surface area (Å²) in [6.07, 6.45) is -3.40. The predicted molar refractivity (Wildman–Crippen MR) is 81.5 cm³/mol. The number of para-hydroxylation sites is 1. The van der Waals surface area contributed by atoms with Crippen LogP contribution in [0.3, 0.4) is 0 Å². The molecule has 0 saturated heterocycles. The van der Waals surface area contributed by atoms with Crippen LogP contribution in [0.5, 0.6) is 11.5 Å². The summed E-state index contributed by atoms with van der Waals surface area (Å²) in [5.41, 5.74) is -0.589. The van der Waals surface area contributed by atoms with E-state index in [0.717, 1.165) is 12.3 Å². The van der Waals surface area contributed by atoms with Crippen LogP contribution >= 0.6 is 0 Å². The van der Waals surface area contributed by atoms with Gasteiger partial charge in [-0.2, -0.15) is 13.2 Å². The molecule has 120 valence electrons. The van der Waals surface area contributed by atoms with E-state index in [2.05, 4.69) is 4.99 Å². The van der Waals surface area contributed by atoms with E-state index in [4.69, 9.17) is 4.74 Å². The second-order valence-electron chi connectivity index (χ2n) is 4.79. The van der Waals surface area contributed by atoms with Gasteiger partial charge in [0, 0.05) is 18.8 Å². The van der Waals surface area contributed by atoms with Gasteiger partial charge in [-0.15, -0.1) is 0 Å². The van der Waals surface area contributed by atoms with Gasteiger partial charge in [-0.25, -0.2) is 0 Å². The zero-order chi connectivity index (χ0) is 17.0. The molecule has 2 rings (SSSR count). The first-order valence-electron chi connectivity index (χ1n) is 6.74. The minimum absolute atomic E-state index is 0.000668. The Morgan fingerprint density at radius 1 is 1.17 bits per heavy atom. The first-order valence-corrected chi connectivity index (χ1v) is 6.74. The molecule has 23 heavy (non-hydrogen) atoms. The first-order chi connectivity index (χ1) is 10.8. The van der Waals surface area contributed by atoms with Gasteiger partial charge in [-0.3, -0.25) is 9.79 Å². The van der Waals surface area contributed by atoms with E-state index in [1.807, 2.05) is 0 Å². The van der Waals surface area contributed by atoms with Crippen molar-refractivity contribution in [2.24, 2.45) is 4.99 Å². The predicted octanol–water partition coefficient (Wildman–Crippen LogP) is 4.75. The van der Waals surface area contributed by atoms with Gasteiger partial charge >= 0.3 is 6.18 Å². The summed E-state index contributed by atoms with van der Waals surface area (Å²) in [6, 6.07) is 9.97. The highest BCUT2D eigenvalue weighted by atomic mass is 19.4. The molecule has 0 spiro atoms. The molecule has 0 aliphatic carbocycles. The smallest absolute Gasteiger partial charge is 0.417 e. The molecule has 0 aromatic heterocycles. The van der Waals surface area contributed by atoms with Crippen molar-refractivity contribution < 1.29 is 22.7 Å². The number of Topliss-reactive ketones (excluding diaryl/α,β-unsaturated/α-hetero) is 1. The van der Waals surface area contributed by atoms with Gasteiger partial charge in [-0.05, 0) is 37.3 Å². The highest BCUT2D eigenvalue weighted by molar-refractivity contribution is 5.96. The second kappa shape index (κ2) is 6.64. The Morgan fingerprint density at radius 2 is 1.87 bits per heavy atom. The summed E-state index contributed by atoms with van der Waals surface area (Å²) in [7, 11) is 1.40. The maximum atomic E-state index is 13.1. The van der Waals surface area contributed by atoms with Crippen LogP contribution in [0.1, 0.15) is 28.4 Å². The largest absolute Gasteiger partial charge is 0.457 e. The third-order valence-corrected chi connectivity index (χ3v) is 3.09. The third-order valence-electron chi connectivity index (χ3n) is 3.09. The van der Waals surface area contributed by atoms with Crippen molar-refractivity contribution in [1.82, 2.24) is 0 Å². The molecule has 0 unspecified atom stereocenters. The molecular formula is C17H14F3NO2. The van der Waals surface area contributed by atoms with Crippen molar-refractivity contribution in [1.29, 1.82) is 0 Å². The molecule has 0 aliphatic heterocycles. The average molecular weight is 321 g/mol. The molecule has 0 radical (unpaired) electrons. The number of aliphatic imine (C=N–C) groups is 1. The van der Waals surface area contributed by atoms with Crippen molar-refractivity contribution in [2.45, 2.75) is 13.1 Å². The monoisotopic (exact) mass is 321 g/mol. The van der Waals surface area contributed by atoms with Crippen molar-refractivity contribution in [3.8, 4) is 11.5 Å². The third kappa shape index (κ3) is 3.97. The lowest BCUT2D eigenvalue weighted by molar-refractivity contribution is -0.137. The lowest BCUT2D eigenvalue weighted by Crippen LogP contribution is -2.09. The van der Waals surface area contributed by atoms with E-state index in [9.17, 15) is 18.0 Å². The number of carbonyl (C=O) groups excluding carboxylic acids is 1. The SMILES string of the molecule is CN=Cc1ccc(Oc2ccccc2C(C)=O)cc1C(F)(F)F. The minimum Gasteiger partial charge on any atom is -0.457 e. The quantitative estimate of drug-likeness (QED) is 0.602. The standard InChI is InChI=1S/C17H14F3NO2/c1-11(22)14-5-3-4-6-16(14)23-13-8-7-12(10-21-2)15(9-13)17(18,19)20/h3-10H,1-2H3. The number of halogens is 3. The lowest BCUT2D eigenvalue weighted by Gasteiger charge is -2.14. The number of hydrogen-bond acceptors (Lipinski definition) is 3. The van der Waals surface area contributed by atoms with E-state index in [1.165, 1.54) is 32.2 Å². The van der Waals surface area contributed by atoms with Crippen LogP contribution in [0.15, 0.2) is 47.5 Å². The van der Waals surface area contributed by atoms with Gasteiger partial charge < -0.3 is 4.74 Å². The van der Waals surface area contributed by atoms with Gasteiger partial charge in [-0.1, -0.05) is 12.1 Å². The van der Waals surface area contributed by atoms with Crippen LogP contribution in [0.4, 0.5) is 13.2 Å². The Labute approximate surface area is 131 Å². The zero-order valence-corrected chi connectivity index (χ0v) is 12.5. The topological polar surface area (TPSA) is 38.7 Å². The van der Waals surface area contributed by atoms with Gasteiger partial charge in [0.05, 0.1) is 11.1 Å². The first kappa shape index (κ1) is 16.7. The number of ether oxygens (including phenoxy) is 1. The fourth-order valence-corrected chi connectivity index (χ4v) is 2.07. The highest BCUT2D eigenvalue weighted by Gasteiger charge is 2.33. The fraction of sp³-hybridized carbons (Fsp3) is 0.176. The Balaban J connectivity index is 2.44. The molecule has 2 aromatic carbocycles. The molecule has 0 fully saturated rings. The van der Waals surface area contributed by atoms with Gasteiger partial charge in [0.1, 0.15) is 11.5 Å². The van der Waals surface area contributed by atoms with Crippen LogP contribution in [0.2, 0.25) is 0 Å².